The molecule has 1 unspecified atom stereocenters. The fourth-order valence-corrected chi connectivity index (χ4v) is 1.43. The molecule has 5 nitrogen and oxygen atoms in total. The molecule has 0 aliphatic rings. The largest absolute Gasteiger partial charge is 0.409 e. The Hall–Kier alpha value is -0.810. The van der Waals surface area contributed by atoms with Gasteiger partial charge >= 0.3 is 0 Å². The lowest BCUT2D eigenvalue weighted by molar-refractivity contribution is 0.214. The topological polar surface area (TPSA) is 65.1 Å². The van der Waals surface area contributed by atoms with Crippen molar-refractivity contribution in [3.63, 3.8) is 0 Å². The van der Waals surface area contributed by atoms with Crippen molar-refractivity contribution in [2.45, 2.75) is 25.8 Å². The molecule has 0 aromatic heterocycles. The summed E-state index contributed by atoms with van der Waals surface area (Å²) in [5.74, 6) is 0.304. The maximum absolute atomic E-state index is 8.52. The van der Waals surface area contributed by atoms with Gasteiger partial charge in [0.2, 0.25) is 0 Å². The lowest BCUT2D eigenvalue weighted by Gasteiger charge is -2.27. The molecule has 0 heterocycles. The van der Waals surface area contributed by atoms with Crippen LogP contribution in [0.15, 0.2) is 5.16 Å². The van der Waals surface area contributed by atoms with E-state index in [-0.39, 0.29) is 0 Å². The molecule has 0 aliphatic carbocycles. The van der Waals surface area contributed by atoms with Gasteiger partial charge in [0.1, 0.15) is 5.84 Å². The Morgan fingerprint density at radius 1 is 1.33 bits per heavy atom. The number of likely N-dealkylation sites (N-methyl/N-ethyl adjacent to an activating group) is 2. The number of nitrogens with zero attached hydrogens (tertiary/aromatic N) is 3. The Morgan fingerprint density at radius 3 is 2.33 bits per heavy atom. The van der Waals surface area contributed by atoms with Crippen molar-refractivity contribution in [3.05, 3.63) is 0 Å². The molecule has 15 heavy (non-hydrogen) atoms. The van der Waals surface area contributed by atoms with Crippen LogP contribution >= 0.6 is 0 Å². The maximum atomic E-state index is 8.52. The van der Waals surface area contributed by atoms with Gasteiger partial charge in [-0.25, -0.2) is 0 Å². The van der Waals surface area contributed by atoms with Crippen LogP contribution in [0.1, 0.15) is 19.8 Å². The van der Waals surface area contributed by atoms with Crippen LogP contribution in [-0.4, -0.2) is 61.1 Å². The first-order valence-electron chi connectivity index (χ1n) is 5.32. The minimum absolute atomic E-state index is 0.304. The third-order valence-corrected chi connectivity index (χ3v) is 2.57. The lowest BCUT2D eigenvalue weighted by Crippen LogP contribution is -2.38. The molecule has 1 atom stereocenters. The first kappa shape index (κ1) is 14.2. The highest BCUT2D eigenvalue weighted by Crippen LogP contribution is 2.06. The zero-order valence-electron chi connectivity index (χ0n) is 10.3. The molecule has 0 rings (SSSR count). The van der Waals surface area contributed by atoms with Crippen molar-refractivity contribution in [2.75, 3.05) is 34.2 Å². The Balaban J connectivity index is 4.04. The lowest BCUT2D eigenvalue weighted by atomic mass is 10.1. The Kier molecular flexibility index (Phi) is 7.07. The van der Waals surface area contributed by atoms with Gasteiger partial charge in [-0.1, -0.05) is 12.1 Å². The summed E-state index contributed by atoms with van der Waals surface area (Å²) in [6, 6.07) is 0.348. The molecule has 0 fully saturated rings. The highest BCUT2D eigenvalue weighted by atomic mass is 16.4. The number of amidine groups is 1. The van der Waals surface area contributed by atoms with Crippen molar-refractivity contribution in [1.82, 2.24) is 9.80 Å². The van der Waals surface area contributed by atoms with E-state index in [1.807, 2.05) is 0 Å². The number of nitrogens with two attached hydrogens (primary N) is 1. The molecule has 0 aromatic carbocycles. The first-order chi connectivity index (χ1) is 7.01. The van der Waals surface area contributed by atoms with Crippen LogP contribution in [0, 0.1) is 0 Å². The Labute approximate surface area is 92.5 Å². The second-order valence-corrected chi connectivity index (χ2v) is 4.14. The third kappa shape index (κ3) is 6.30. The molecule has 0 saturated heterocycles. The van der Waals surface area contributed by atoms with Crippen LogP contribution in [0.2, 0.25) is 0 Å². The number of rotatable bonds is 7. The van der Waals surface area contributed by atoms with E-state index < -0.39 is 0 Å². The van der Waals surface area contributed by atoms with Gasteiger partial charge in [-0.2, -0.15) is 0 Å². The zero-order chi connectivity index (χ0) is 11.8. The minimum Gasteiger partial charge on any atom is -0.409 e. The van der Waals surface area contributed by atoms with Crippen LogP contribution < -0.4 is 5.73 Å². The number of oxime groups is 1. The predicted molar refractivity (Wildman–Crippen MR) is 63.3 cm³/mol. The van der Waals surface area contributed by atoms with Crippen molar-refractivity contribution < 1.29 is 5.21 Å². The van der Waals surface area contributed by atoms with Gasteiger partial charge < -0.3 is 20.7 Å². The molecule has 90 valence electrons. The van der Waals surface area contributed by atoms with Crippen LogP contribution in [0.5, 0.6) is 0 Å². The molecule has 0 amide bonds. The van der Waals surface area contributed by atoms with E-state index in [0.29, 0.717) is 18.3 Å². The van der Waals surface area contributed by atoms with Gasteiger partial charge in [-0.05, 0) is 27.6 Å². The Morgan fingerprint density at radius 2 is 1.93 bits per heavy atom. The predicted octanol–water partition coefficient (Wildman–Crippen LogP) is 0.395. The SMILES string of the molecule is CCC(CC(N)=NO)N(C)CCN(C)C. The van der Waals surface area contributed by atoms with Crippen molar-refractivity contribution >= 4 is 5.84 Å². The molecule has 5 heteroatoms. The van der Waals surface area contributed by atoms with Crippen LogP contribution in [-0.2, 0) is 0 Å². The summed E-state index contributed by atoms with van der Waals surface area (Å²) in [6.45, 7) is 4.12. The number of hydrogen-bond acceptors (Lipinski definition) is 4. The number of hydrogen-bond donors (Lipinski definition) is 2. The Bertz CT molecular complexity index is 194. The molecule has 3 N–H and O–H groups in total. The van der Waals surface area contributed by atoms with Gasteiger partial charge in [-0.3, -0.25) is 0 Å². The molecule has 0 radical (unpaired) electrons. The van der Waals surface area contributed by atoms with Gasteiger partial charge in [0.05, 0.1) is 0 Å². The second kappa shape index (κ2) is 7.48. The quantitative estimate of drug-likeness (QED) is 0.280. The van der Waals surface area contributed by atoms with Gasteiger partial charge in [0.25, 0.3) is 0 Å². The molecule has 0 spiro atoms. The summed E-state index contributed by atoms with van der Waals surface area (Å²) in [5, 5.41) is 11.5. The summed E-state index contributed by atoms with van der Waals surface area (Å²) >= 11 is 0. The fraction of sp³-hybridized carbons (Fsp3) is 0.900. The standard InChI is InChI=1S/C10H24N4O/c1-5-9(8-10(11)12-15)14(4)7-6-13(2)3/h9,15H,5-8H2,1-4H3,(H2,11,12). The van der Waals surface area contributed by atoms with E-state index in [0.717, 1.165) is 19.5 Å². The van der Waals surface area contributed by atoms with Crippen LogP contribution in [0.25, 0.3) is 0 Å². The molecular formula is C10H24N4O. The summed E-state index contributed by atoms with van der Waals surface area (Å²) in [4.78, 5) is 4.39. The van der Waals surface area contributed by atoms with Gasteiger partial charge in [-0.15, -0.1) is 0 Å². The van der Waals surface area contributed by atoms with E-state index in [1.54, 1.807) is 0 Å². The average Bonchev–Trinajstić information content (AvgIpc) is 2.21. The smallest absolute Gasteiger partial charge is 0.140 e. The monoisotopic (exact) mass is 216 g/mol. The fourth-order valence-electron chi connectivity index (χ4n) is 1.43. The molecule has 0 saturated carbocycles. The van der Waals surface area contributed by atoms with Crippen molar-refractivity contribution in [2.24, 2.45) is 10.9 Å². The van der Waals surface area contributed by atoms with Crippen LogP contribution in [0.3, 0.4) is 0 Å². The van der Waals surface area contributed by atoms with E-state index >= 15 is 0 Å². The van der Waals surface area contributed by atoms with E-state index in [9.17, 15) is 0 Å². The normalized spacial score (nSPS) is 14.9. The average molecular weight is 216 g/mol. The molecular weight excluding hydrogens is 192 g/mol. The summed E-state index contributed by atoms with van der Waals surface area (Å²) in [6.07, 6.45) is 1.62. The summed E-state index contributed by atoms with van der Waals surface area (Å²) < 4.78 is 0. The van der Waals surface area contributed by atoms with E-state index in [4.69, 9.17) is 10.9 Å². The van der Waals surface area contributed by atoms with E-state index in [2.05, 4.69) is 43.0 Å². The highest BCUT2D eigenvalue weighted by molar-refractivity contribution is 5.80. The van der Waals surface area contributed by atoms with Crippen molar-refractivity contribution in [3.8, 4) is 0 Å². The van der Waals surface area contributed by atoms with Crippen LogP contribution in [0.4, 0.5) is 0 Å². The minimum atomic E-state index is 0.304. The maximum Gasteiger partial charge on any atom is 0.140 e. The molecule has 0 aliphatic heterocycles. The summed E-state index contributed by atoms with van der Waals surface area (Å²) in [5.41, 5.74) is 5.51. The molecule has 0 bridgehead atoms. The van der Waals surface area contributed by atoms with Gasteiger partial charge in [0.15, 0.2) is 0 Å². The van der Waals surface area contributed by atoms with E-state index in [1.165, 1.54) is 0 Å². The van der Waals surface area contributed by atoms with Gasteiger partial charge in [0, 0.05) is 25.6 Å². The molecule has 0 aromatic rings. The zero-order valence-corrected chi connectivity index (χ0v) is 10.3. The third-order valence-electron chi connectivity index (χ3n) is 2.57. The van der Waals surface area contributed by atoms with Crippen molar-refractivity contribution in [1.29, 1.82) is 0 Å². The summed E-state index contributed by atoms with van der Waals surface area (Å²) in [7, 11) is 6.18. The highest BCUT2D eigenvalue weighted by Gasteiger charge is 2.14. The first-order valence-corrected chi connectivity index (χ1v) is 5.32. The second-order valence-electron chi connectivity index (χ2n) is 4.14.